The minimum atomic E-state index is 0.415. The van der Waals surface area contributed by atoms with Crippen LogP contribution in [0.1, 0.15) is 90.4 Å². The summed E-state index contributed by atoms with van der Waals surface area (Å²) in [6.45, 7) is 7.78. The van der Waals surface area contributed by atoms with Gasteiger partial charge in [0.1, 0.15) is 12.2 Å². The van der Waals surface area contributed by atoms with Gasteiger partial charge in [-0.15, -0.1) is 0 Å². The molecule has 4 fully saturated rings. The van der Waals surface area contributed by atoms with Crippen molar-refractivity contribution in [1.29, 1.82) is 0 Å². The molecule has 0 aromatic heterocycles. The molecule has 4 heteroatoms. The van der Waals surface area contributed by atoms with Gasteiger partial charge in [-0.1, -0.05) is 39.0 Å². The highest BCUT2D eigenvalue weighted by molar-refractivity contribution is 4.84. The van der Waals surface area contributed by atoms with E-state index in [2.05, 4.69) is 6.92 Å². The van der Waals surface area contributed by atoms with Crippen LogP contribution in [-0.2, 0) is 18.9 Å². The number of ether oxygens (including phenoxy) is 4. The van der Waals surface area contributed by atoms with Gasteiger partial charge < -0.3 is 18.9 Å². The van der Waals surface area contributed by atoms with E-state index in [1.165, 1.54) is 83.5 Å². The Kier molecular flexibility index (Phi) is 9.99. The summed E-state index contributed by atoms with van der Waals surface area (Å²) in [6, 6.07) is 0. The fourth-order valence-corrected chi connectivity index (χ4v) is 6.57. The van der Waals surface area contributed by atoms with Gasteiger partial charge in [0.05, 0.1) is 26.4 Å². The largest absolute Gasteiger partial charge is 0.379 e. The Balaban J connectivity index is 1.05. The van der Waals surface area contributed by atoms with Crippen LogP contribution in [0.4, 0.5) is 0 Å². The van der Waals surface area contributed by atoms with Gasteiger partial charge in [0.25, 0.3) is 0 Å². The summed E-state index contributed by atoms with van der Waals surface area (Å²) in [6.07, 6.45) is 19.3. The zero-order valence-electron chi connectivity index (χ0n) is 20.1. The van der Waals surface area contributed by atoms with Crippen LogP contribution in [0.3, 0.4) is 0 Å². The zero-order valence-corrected chi connectivity index (χ0v) is 20.1. The molecule has 2 aliphatic heterocycles. The first-order chi connectivity index (χ1) is 15.3. The summed E-state index contributed by atoms with van der Waals surface area (Å²) in [7, 11) is 0. The van der Waals surface area contributed by atoms with Crippen LogP contribution < -0.4 is 0 Å². The average molecular weight is 437 g/mol. The van der Waals surface area contributed by atoms with E-state index in [0.717, 1.165) is 69.2 Å². The molecule has 2 saturated heterocycles. The van der Waals surface area contributed by atoms with Crippen LogP contribution in [-0.4, -0.2) is 51.8 Å². The minimum Gasteiger partial charge on any atom is -0.379 e. The number of hydrogen-bond acceptors (Lipinski definition) is 4. The van der Waals surface area contributed by atoms with E-state index in [0.29, 0.717) is 12.2 Å². The van der Waals surface area contributed by atoms with Gasteiger partial charge in [0, 0.05) is 13.2 Å². The van der Waals surface area contributed by atoms with E-state index in [-0.39, 0.29) is 0 Å². The Morgan fingerprint density at radius 3 is 1.45 bits per heavy atom. The summed E-state index contributed by atoms with van der Waals surface area (Å²) >= 11 is 0. The lowest BCUT2D eigenvalue weighted by Gasteiger charge is -2.40. The van der Waals surface area contributed by atoms with Gasteiger partial charge in [0.15, 0.2) is 0 Å². The molecule has 4 aliphatic rings. The van der Waals surface area contributed by atoms with E-state index in [1.54, 1.807) is 0 Å². The number of hydrogen-bond donors (Lipinski definition) is 0. The van der Waals surface area contributed by atoms with Crippen molar-refractivity contribution in [2.24, 2.45) is 29.6 Å². The van der Waals surface area contributed by atoms with Crippen molar-refractivity contribution < 1.29 is 18.9 Å². The summed E-state index contributed by atoms with van der Waals surface area (Å²) in [5.74, 6) is 4.91. The predicted octanol–water partition coefficient (Wildman–Crippen LogP) is 6.02. The Labute approximate surface area is 191 Å². The molecule has 0 aromatic rings. The van der Waals surface area contributed by atoms with Crippen molar-refractivity contribution in [3.8, 4) is 0 Å². The van der Waals surface area contributed by atoms with Gasteiger partial charge >= 0.3 is 0 Å². The van der Waals surface area contributed by atoms with Crippen molar-refractivity contribution in [3.63, 3.8) is 0 Å². The quantitative estimate of drug-likeness (QED) is 0.233. The van der Waals surface area contributed by atoms with Crippen LogP contribution in [0.5, 0.6) is 0 Å². The fraction of sp³-hybridized carbons (Fsp3) is 1.00. The van der Waals surface area contributed by atoms with Crippen molar-refractivity contribution >= 4 is 0 Å². The standard InChI is InChI=1S/C27H48O4/c1-2-27(23-11-7-21(8-12-23)5-3-15-28-17-25-19-30-25)24-13-9-22(10-14-24)6-4-16-29-18-26-20-31-26/h21-27H,2-20H2,1H3. The second-order valence-electron chi connectivity index (χ2n) is 11.0. The molecule has 180 valence electrons. The molecule has 2 unspecified atom stereocenters. The Bertz CT molecular complexity index is 432. The smallest absolute Gasteiger partial charge is 0.104 e. The molecule has 31 heavy (non-hydrogen) atoms. The number of epoxide rings is 2. The van der Waals surface area contributed by atoms with E-state index in [1.807, 2.05) is 0 Å². The first-order valence-electron chi connectivity index (χ1n) is 13.7. The summed E-state index contributed by atoms with van der Waals surface area (Å²) in [4.78, 5) is 0. The van der Waals surface area contributed by atoms with Crippen molar-refractivity contribution in [2.45, 2.75) is 103 Å². The van der Waals surface area contributed by atoms with Gasteiger partial charge in [-0.3, -0.25) is 0 Å². The highest BCUT2D eigenvalue weighted by atomic mass is 16.6. The maximum atomic E-state index is 5.72. The van der Waals surface area contributed by atoms with E-state index < -0.39 is 0 Å². The van der Waals surface area contributed by atoms with Gasteiger partial charge in [-0.05, 0) is 81.0 Å². The molecule has 4 rings (SSSR count). The second-order valence-corrected chi connectivity index (χ2v) is 11.0. The molecular formula is C27H48O4. The molecule has 2 aliphatic carbocycles. The predicted molar refractivity (Wildman–Crippen MR) is 124 cm³/mol. The monoisotopic (exact) mass is 436 g/mol. The average Bonchev–Trinajstić information content (AvgIpc) is 3.72. The SMILES string of the molecule is CCC(C1CCC(CCCOCC2CO2)CC1)C1CCC(CCCOCC2CO2)CC1. The highest BCUT2D eigenvalue weighted by Crippen LogP contribution is 2.44. The molecule has 0 amide bonds. The van der Waals surface area contributed by atoms with Crippen molar-refractivity contribution in [2.75, 3.05) is 39.6 Å². The third-order valence-electron chi connectivity index (χ3n) is 8.68. The third-order valence-corrected chi connectivity index (χ3v) is 8.68. The molecule has 4 nitrogen and oxygen atoms in total. The van der Waals surface area contributed by atoms with Crippen LogP contribution in [0.25, 0.3) is 0 Å². The molecule has 2 heterocycles. The van der Waals surface area contributed by atoms with E-state index in [4.69, 9.17) is 18.9 Å². The van der Waals surface area contributed by atoms with Crippen LogP contribution >= 0.6 is 0 Å². The Morgan fingerprint density at radius 1 is 0.677 bits per heavy atom. The highest BCUT2D eigenvalue weighted by Gasteiger charge is 2.33. The molecule has 0 radical (unpaired) electrons. The summed E-state index contributed by atoms with van der Waals surface area (Å²) in [5, 5.41) is 0. The van der Waals surface area contributed by atoms with Gasteiger partial charge in [-0.25, -0.2) is 0 Å². The van der Waals surface area contributed by atoms with Crippen LogP contribution in [0, 0.1) is 29.6 Å². The normalized spacial score (nSPS) is 36.3. The van der Waals surface area contributed by atoms with Gasteiger partial charge in [-0.2, -0.15) is 0 Å². The lowest BCUT2D eigenvalue weighted by molar-refractivity contribution is 0.0880. The molecule has 0 bridgehead atoms. The maximum Gasteiger partial charge on any atom is 0.104 e. The van der Waals surface area contributed by atoms with E-state index >= 15 is 0 Å². The van der Waals surface area contributed by atoms with Crippen LogP contribution in [0.2, 0.25) is 0 Å². The second kappa shape index (κ2) is 12.9. The van der Waals surface area contributed by atoms with Crippen molar-refractivity contribution in [3.05, 3.63) is 0 Å². The Morgan fingerprint density at radius 2 is 1.10 bits per heavy atom. The molecule has 0 N–H and O–H groups in total. The first kappa shape index (κ1) is 24.0. The lowest BCUT2D eigenvalue weighted by Crippen LogP contribution is -2.30. The number of rotatable bonds is 15. The fourth-order valence-electron chi connectivity index (χ4n) is 6.57. The van der Waals surface area contributed by atoms with Gasteiger partial charge in [0.2, 0.25) is 0 Å². The molecular weight excluding hydrogens is 388 g/mol. The van der Waals surface area contributed by atoms with E-state index in [9.17, 15) is 0 Å². The summed E-state index contributed by atoms with van der Waals surface area (Å²) < 4.78 is 21.9. The molecule has 0 aromatic carbocycles. The maximum absolute atomic E-state index is 5.72. The third kappa shape index (κ3) is 8.61. The topological polar surface area (TPSA) is 43.5 Å². The molecule has 0 spiro atoms. The Hall–Kier alpha value is -0.160. The molecule has 2 saturated carbocycles. The summed E-state index contributed by atoms with van der Waals surface area (Å²) in [5.41, 5.74) is 0. The zero-order chi connectivity index (χ0) is 21.3. The van der Waals surface area contributed by atoms with Crippen LogP contribution in [0.15, 0.2) is 0 Å². The lowest BCUT2D eigenvalue weighted by atomic mass is 9.65. The minimum absolute atomic E-state index is 0.415. The van der Waals surface area contributed by atoms with Crippen molar-refractivity contribution in [1.82, 2.24) is 0 Å². The first-order valence-corrected chi connectivity index (χ1v) is 13.7. The molecule has 2 atom stereocenters.